The summed E-state index contributed by atoms with van der Waals surface area (Å²) in [5.41, 5.74) is 7.29. The number of carbonyl (C=O) groups is 2. The minimum atomic E-state index is -0.479. The number of carbonyl (C=O) groups excluding carboxylic acids is 2. The van der Waals surface area contributed by atoms with Gasteiger partial charge in [-0.3, -0.25) is 20.4 Å². The fourth-order valence-corrected chi connectivity index (χ4v) is 2.99. The first-order valence-electron chi connectivity index (χ1n) is 9.63. The van der Waals surface area contributed by atoms with Crippen molar-refractivity contribution in [3.8, 4) is 28.4 Å². The van der Waals surface area contributed by atoms with Crippen LogP contribution in [0.1, 0.15) is 5.56 Å². The number of hydrogen-bond acceptors (Lipinski definition) is 5. The lowest BCUT2D eigenvalue weighted by atomic mass is 10.1. The second-order valence-electron chi connectivity index (χ2n) is 6.63. The Kier molecular flexibility index (Phi) is 6.13. The highest BCUT2D eigenvalue weighted by atomic mass is 16.7. The summed E-state index contributed by atoms with van der Waals surface area (Å²) in [5, 5.41) is 0. The van der Waals surface area contributed by atoms with Crippen LogP contribution in [0.25, 0.3) is 17.2 Å². The van der Waals surface area contributed by atoms with Crippen LogP contribution in [-0.2, 0) is 9.59 Å². The first-order chi connectivity index (χ1) is 15.2. The zero-order valence-electron chi connectivity index (χ0n) is 16.5. The summed E-state index contributed by atoms with van der Waals surface area (Å²) in [7, 11) is 0. The Morgan fingerprint density at radius 2 is 1.68 bits per heavy atom. The highest BCUT2D eigenvalue weighted by molar-refractivity contribution is 5.93. The second-order valence-corrected chi connectivity index (χ2v) is 6.63. The summed E-state index contributed by atoms with van der Waals surface area (Å²) < 4.78 is 16.2. The van der Waals surface area contributed by atoms with E-state index in [0.717, 1.165) is 16.7 Å². The molecule has 1 heterocycles. The smallest absolute Gasteiger partial charge is 0.276 e. The highest BCUT2D eigenvalue weighted by Crippen LogP contribution is 2.32. The zero-order chi connectivity index (χ0) is 21.5. The third-order valence-electron chi connectivity index (χ3n) is 4.48. The van der Waals surface area contributed by atoms with Crippen LogP contribution in [0.4, 0.5) is 0 Å². The molecule has 3 aromatic rings. The normalized spacial score (nSPS) is 11.9. The molecule has 2 N–H and O–H groups in total. The van der Waals surface area contributed by atoms with Crippen LogP contribution < -0.4 is 25.1 Å². The Morgan fingerprint density at radius 1 is 0.903 bits per heavy atom. The molecule has 0 aliphatic carbocycles. The minimum absolute atomic E-state index is 0.187. The fourth-order valence-electron chi connectivity index (χ4n) is 2.99. The first-order valence-corrected chi connectivity index (χ1v) is 9.63. The molecule has 2 amide bonds. The number of para-hydroxylation sites is 1. The van der Waals surface area contributed by atoms with Crippen molar-refractivity contribution in [3.63, 3.8) is 0 Å². The van der Waals surface area contributed by atoms with E-state index in [2.05, 4.69) is 10.9 Å². The standard InChI is InChI=1S/C24H20N2O5/c27-23(13-11-17-10-12-21-22(14-17)31-16-30-21)25-26-24(28)15-29-20-9-5-4-8-19(20)18-6-2-1-3-7-18/h1-14H,15-16H2,(H,25,27)(H,26,28)/b13-11+. The maximum Gasteiger partial charge on any atom is 0.276 e. The molecule has 7 heteroatoms. The van der Waals surface area contributed by atoms with E-state index in [1.165, 1.54) is 6.08 Å². The van der Waals surface area contributed by atoms with Crippen molar-refractivity contribution in [2.45, 2.75) is 0 Å². The predicted octanol–water partition coefficient (Wildman–Crippen LogP) is 3.32. The molecule has 1 aliphatic rings. The van der Waals surface area contributed by atoms with Gasteiger partial charge in [-0.15, -0.1) is 0 Å². The Morgan fingerprint density at radius 3 is 2.55 bits per heavy atom. The largest absolute Gasteiger partial charge is 0.483 e. The number of rotatable bonds is 6. The van der Waals surface area contributed by atoms with Gasteiger partial charge in [-0.1, -0.05) is 54.6 Å². The zero-order valence-corrected chi connectivity index (χ0v) is 16.5. The maximum atomic E-state index is 12.1. The van der Waals surface area contributed by atoms with Gasteiger partial charge >= 0.3 is 0 Å². The van der Waals surface area contributed by atoms with Crippen LogP contribution >= 0.6 is 0 Å². The summed E-state index contributed by atoms with van der Waals surface area (Å²) in [5.74, 6) is 0.924. The second kappa shape index (κ2) is 9.49. The van der Waals surface area contributed by atoms with Gasteiger partial charge in [0.05, 0.1) is 0 Å². The summed E-state index contributed by atoms with van der Waals surface area (Å²) >= 11 is 0. The number of fused-ring (bicyclic) bond motifs is 1. The Hall–Kier alpha value is -4.26. The van der Waals surface area contributed by atoms with Gasteiger partial charge < -0.3 is 14.2 Å². The fraction of sp³-hybridized carbons (Fsp3) is 0.0833. The molecule has 4 rings (SSSR count). The molecule has 1 aliphatic heterocycles. The van der Waals surface area contributed by atoms with E-state index in [4.69, 9.17) is 14.2 Å². The van der Waals surface area contributed by atoms with Crippen molar-refractivity contribution in [2.24, 2.45) is 0 Å². The van der Waals surface area contributed by atoms with Crippen LogP contribution in [0.5, 0.6) is 17.2 Å². The molecule has 3 aromatic carbocycles. The summed E-state index contributed by atoms with van der Waals surface area (Å²) in [6.07, 6.45) is 2.92. The highest BCUT2D eigenvalue weighted by Gasteiger charge is 2.12. The van der Waals surface area contributed by atoms with Gasteiger partial charge in [0.2, 0.25) is 6.79 Å². The van der Waals surface area contributed by atoms with Crippen LogP contribution in [0.2, 0.25) is 0 Å². The lowest BCUT2D eigenvalue weighted by Gasteiger charge is -2.12. The molecule has 7 nitrogen and oxygen atoms in total. The average molecular weight is 416 g/mol. The third kappa shape index (κ3) is 5.22. The van der Waals surface area contributed by atoms with E-state index >= 15 is 0 Å². The molecule has 0 saturated carbocycles. The lowest BCUT2D eigenvalue weighted by Crippen LogP contribution is -2.43. The van der Waals surface area contributed by atoms with Crippen molar-refractivity contribution in [3.05, 3.63) is 84.4 Å². The van der Waals surface area contributed by atoms with Gasteiger partial charge in [0.25, 0.3) is 11.8 Å². The van der Waals surface area contributed by atoms with E-state index in [9.17, 15) is 9.59 Å². The number of amides is 2. The molecule has 0 bridgehead atoms. The Labute approximate surface area is 179 Å². The van der Waals surface area contributed by atoms with Crippen LogP contribution in [-0.4, -0.2) is 25.2 Å². The van der Waals surface area contributed by atoms with Gasteiger partial charge in [0.15, 0.2) is 18.1 Å². The first kappa shape index (κ1) is 20.0. The van der Waals surface area contributed by atoms with Crippen molar-refractivity contribution in [2.75, 3.05) is 13.4 Å². The molecule has 0 saturated heterocycles. The molecule has 0 fully saturated rings. The van der Waals surface area contributed by atoms with Crippen molar-refractivity contribution < 1.29 is 23.8 Å². The number of nitrogens with one attached hydrogen (secondary N) is 2. The van der Waals surface area contributed by atoms with Gasteiger partial charge in [-0.2, -0.15) is 0 Å². The molecule has 0 atom stereocenters. The lowest BCUT2D eigenvalue weighted by molar-refractivity contribution is -0.128. The van der Waals surface area contributed by atoms with Crippen molar-refractivity contribution >= 4 is 17.9 Å². The predicted molar refractivity (Wildman–Crippen MR) is 115 cm³/mol. The monoisotopic (exact) mass is 416 g/mol. The Bertz CT molecular complexity index is 1110. The summed E-state index contributed by atoms with van der Waals surface area (Å²) in [4.78, 5) is 24.0. The van der Waals surface area contributed by atoms with E-state index in [-0.39, 0.29) is 13.4 Å². The Balaban J connectivity index is 1.27. The summed E-state index contributed by atoms with van der Waals surface area (Å²) in [6, 6.07) is 22.5. The van der Waals surface area contributed by atoms with Crippen molar-refractivity contribution in [1.82, 2.24) is 10.9 Å². The number of ether oxygens (including phenoxy) is 3. The molecule has 0 unspecified atom stereocenters. The molecule has 0 spiro atoms. The third-order valence-corrected chi connectivity index (χ3v) is 4.48. The average Bonchev–Trinajstić information content (AvgIpc) is 3.29. The van der Waals surface area contributed by atoms with Crippen LogP contribution in [0.15, 0.2) is 78.9 Å². The van der Waals surface area contributed by atoms with Crippen LogP contribution in [0, 0.1) is 0 Å². The van der Waals surface area contributed by atoms with E-state index in [1.54, 1.807) is 30.3 Å². The number of hydrogen-bond donors (Lipinski definition) is 2. The van der Waals surface area contributed by atoms with Gasteiger partial charge in [-0.05, 0) is 35.4 Å². The molecule has 156 valence electrons. The van der Waals surface area contributed by atoms with E-state index in [0.29, 0.717) is 17.2 Å². The van der Waals surface area contributed by atoms with E-state index in [1.807, 2.05) is 48.5 Å². The van der Waals surface area contributed by atoms with Gasteiger partial charge in [0, 0.05) is 11.6 Å². The topological polar surface area (TPSA) is 85.9 Å². The number of hydrazine groups is 1. The van der Waals surface area contributed by atoms with Crippen LogP contribution in [0.3, 0.4) is 0 Å². The number of benzene rings is 3. The molecule has 0 radical (unpaired) electrons. The SMILES string of the molecule is O=C(/C=C/c1ccc2c(c1)OCO2)NNC(=O)COc1ccccc1-c1ccccc1. The van der Waals surface area contributed by atoms with E-state index < -0.39 is 11.8 Å². The molecule has 0 aromatic heterocycles. The maximum absolute atomic E-state index is 12.1. The van der Waals surface area contributed by atoms with Crippen molar-refractivity contribution in [1.29, 1.82) is 0 Å². The quantitative estimate of drug-likeness (QED) is 0.476. The molecular formula is C24H20N2O5. The molecular weight excluding hydrogens is 396 g/mol. The summed E-state index contributed by atoms with van der Waals surface area (Å²) in [6.45, 7) is -0.0527. The molecule has 31 heavy (non-hydrogen) atoms. The minimum Gasteiger partial charge on any atom is -0.483 e. The van der Waals surface area contributed by atoms with Gasteiger partial charge in [-0.25, -0.2) is 0 Å². The van der Waals surface area contributed by atoms with Gasteiger partial charge in [0.1, 0.15) is 5.75 Å².